The Hall–Kier alpha value is 1.80. The average Bonchev–Trinajstić information content (AvgIpc) is 4.03. The van der Waals surface area contributed by atoms with Crippen molar-refractivity contribution in [1.29, 1.82) is 0 Å². The van der Waals surface area contributed by atoms with E-state index < -0.39 is 57.8 Å². The van der Waals surface area contributed by atoms with E-state index >= 15 is 0 Å². The molecule has 0 heterocycles. The quantitative estimate of drug-likeness (QED) is 0.200. The maximum atomic E-state index is 4.93. The Balaban J connectivity index is 0.000000584. The van der Waals surface area contributed by atoms with Gasteiger partial charge in [0.05, 0.1) is 16.1 Å². The fourth-order valence-electron chi connectivity index (χ4n) is 20.1. The van der Waals surface area contributed by atoms with Crippen LogP contribution in [0, 0.1) is 101 Å². The number of benzene rings is 2. The molecule has 0 saturated heterocycles. The normalized spacial score (nSPS) is 37.6. The van der Waals surface area contributed by atoms with E-state index in [2.05, 4.69) is 115 Å². The number of hydrogen-bond donors (Lipinski definition) is 0. The fraction of sp³-hybridized carbons (Fsp3) is 0.742. The molecule has 0 bridgehead atoms. The van der Waals surface area contributed by atoms with E-state index in [4.69, 9.17) is 34.1 Å². The summed E-state index contributed by atoms with van der Waals surface area (Å²) in [5, 5.41) is 0. The topological polar surface area (TPSA) is 0 Å². The summed E-state index contributed by atoms with van der Waals surface area (Å²) < 4.78 is 0. The van der Waals surface area contributed by atoms with Crippen molar-refractivity contribution in [2.45, 2.75) is 218 Å². The average molecular weight is 1230 g/mol. The van der Waals surface area contributed by atoms with Crippen molar-refractivity contribution in [2.24, 2.45) is 71.0 Å². The van der Waals surface area contributed by atoms with Crippen LogP contribution in [0.5, 0.6) is 0 Å². The minimum absolute atomic E-state index is 0. The molecule has 70 heavy (non-hydrogen) atoms. The molecule has 2 aromatic rings. The molecule has 8 fully saturated rings. The third-order valence-corrected chi connectivity index (χ3v) is 31.9. The van der Waals surface area contributed by atoms with Crippen molar-refractivity contribution < 1.29 is 41.7 Å². The van der Waals surface area contributed by atoms with Gasteiger partial charge in [0.1, 0.15) is 0 Å². The monoisotopic (exact) mass is 1230 g/mol. The summed E-state index contributed by atoms with van der Waals surface area (Å²) in [6.45, 7) is 22.1. The number of hydrogen-bond acceptors (Lipinski definition) is 0. The van der Waals surface area contributed by atoms with Gasteiger partial charge in [-0.1, -0.05) is 206 Å². The molecule has 0 aliphatic heterocycles. The summed E-state index contributed by atoms with van der Waals surface area (Å²) in [6.07, 6.45) is 27.4. The molecular weight excluding hydrogens is 1130 g/mol. The van der Waals surface area contributed by atoms with Gasteiger partial charge >= 0.3 is 75.7 Å². The van der Waals surface area contributed by atoms with Crippen LogP contribution in [0.2, 0.25) is 48.4 Å². The summed E-state index contributed by atoms with van der Waals surface area (Å²) in [7, 11) is 17.1. The summed E-state index contributed by atoms with van der Waals surface area (Å²) in [5.74, 6) is 14.0. The predicted molar refractivity (Wildman–Crippen MR) is 319 cm³/mol. The van der Waals surface area contributed by atoms with Crippen LogP contribution in [0.4, 0.5) is 0 Å². The second kappa shape index (κ2) is 32.0. The van der Waals surface area contributed by atoms with Gasteiger partial charge in [0.2, 0.25) is 0 Å². The van der Waals surface area contributed by atoms with Crippen LogP contribution < -0.4 is 0 Å². The van der Waals surface area contributed by atoms with E-state index in [0.29, 0.717) is 0 Å². The standard InChI is InChI=1S/2C28H44Si.2CH4.4CH3.4ClH.2Zr/c2*1-19-17-22-13-8-9-14-24(22)27(19)29(3,4)28-20(2)18-26-23(15-10-16-25(26)28)21-11-6-5-7-12-21;;;;;;;;;;;;/h2*5-7,11-12,19-20,22-28H,8-10,13-18H2,1-4H3;2*1H4;4*1H3;4*1H;;/q;;;;4*-1;;;;;2*+4/p-4. The van der Waals surface area contributed by atoms with Crippen molar-refractivity contribution >= 4 is 50.2 Å². The summed E-state index contributed by atoms with van der Waals surface area (Å²) in [4.78, 5) is 0. The Morgan fingerprint density at radius 3 is 0.971 bits per heavy atom. The van der Waals surface area contributed by atoms with E-state index in [0.717, 1.165) is 105 Å². The summed E-state index contributed by atoms with van der Waals surface area (Å²) in [5.41, 5.74) is 7.67. The van der Waals surface area contributed by atoms with Crippen LogP contribution in [0.3, 0.4) is 0 Å². The molecule has 18 atom stereocenters. The Morgan fingerprint density at radius 2 is 0.643 bits per heavy atom. The van der Waals surface area contributed by atoms with Crippen LogP contribution in [0.1, 0.15) is 181 Å². The SMILES string of the molecule is C.C.CC1CC2CCCCC2C1[Si](C)(C)C1C(C)CC2C(c3ccccc3)CCCC21.CC1CC2CCCCC2C1[Si](C)(C)C1C(C)CC2C(c3ccccc3)CCCC21.[CH3-].[CH3-].[CH3-].[CH3-].[Cl][Zr+2][Cl].[Cl][Zr+2][Cl]. The van der Waals surface area contributed by atoms with Gasteiger partial charge in [0.15, 0.2) is 0 Å². The molecule has 0 nitrogen and oxygen atoms in total. The van der Waals surface area contributed by atoms with Crippen LogP contribution in [0.15, 0.2) is 60.7 Å². The molecule has 0 spiro atoms. The van der Waals surface area contributed by atoms with Crippen molar-refractivity contribution in [1.82, 2.24) is 0 Å². The van der Waals surface area contributed by atoms with E-state index in [1.807, 2.05) is 0 Å². The van der Waals surface area contributed by atoms with E-state index in [9.17, 15) is 0 Å². The Kier molecular flexibility index (Phi) is 31.9. The van der Waals surface area contributed by atoms with Gasteiger partial charge < -0.3 is 29.7 Å². The predicted octanol–water partition coefficient (Wildman–Crippen LogP) is 22.9. The van der Waals surface area contributed by atoms with Crippen molar-refractivity contribution in [2.75, 3.05) is 0 Å². The fourth-order valence-corrected chi connectivity index (χ4v) is 33.5. The Labute approximate surface area is 477 Å². The van der Waals surface area contributed by atoms with Gasteiger partial charge in [0.25, 0.3) is 0 Å². The minimum atomic E-state index is -1.31. The van der Waals surface area contributed by atoms with Crippen molar-refractivity contribution in [3.63, 3.8) is 0 Å². The molecule has 0 radical (unpaired) electrons. The van der Waals surface area contributed by atoms with Gasteiger partial charge in [0, 0.05) is 0 Å². The Bertz CT molecular complexity index is 1580. The zero-order chi connectivity index (χ0) is 45.8. The van der Waals surface area contributed by atoms with Crippen molar-refractivity contribution in [3.05, 3.63) is 101 Å². The van der Waals surface area contributed by atoms with E-state index in [1.165, 1.54) is 77.0 Å². The molecule has 2 aromatic carbocycles. The maximum absolute atomic E-state index is 4.93. The third kappa shape index (κ3) is 15.1. The van der Waals surface area contributed by atoms with Gasteiger partial charge in [-0.05, 0) is 155 Å². The molecule has 8 saturated carbocycles. The first-order valence-corrected chi connectivity index (χ1v) is 45.8. The first-order valence-electron chi connectivity index (χ1n) is 26.8. The summed E-state index contributed by atoms with van der Waals surface area (Å²) in [6, 6.07) is 23.2. The molecule has 0 N–H and O–H groups in total. The Morgan fingerprint density at radius 1 is 0.371 bits per heavy atom. The molecule has 8 aliphatic carbocycles. The van der Waals surface area contributed by atoms with Crippen LogP contribution in [-0.2, 0) is 41.7 Å². The molecule has 10 rings (SSSR count). The molecule has 8 aliphatic rings. The van der Waals surface area contributed by atoms with E-state index in [1.54, 1.807) is 49.7 Å². The molecule has 0 amide bonds. The number of rotatable bonds is 6. The first kappa shape index (κ1) is 69.8. The second-order valence-electron chi connectivity index (χ2n) is 24.7. The number of halogens is 4. The van der Waals surface area contributed by atoms with Crippen LogP contribution in [-0.4, -0.2) is 16.1 Å². The third-order valence-electron chi connectivity index (χ3n) is 21.0. The zero-order valence-electron chi connectivity index (χ0n) is 45.4. The van der Waals surface area contributed by atoms with Crippen molar-refractivity contribution in [3.8, 4) is 0 Å². The van der Waals surface area contributed by atoms with Gasteiger partial charge in [-0.15, -0.1) is 0 Å². The molecular formula is C62H108Cl4Si2Zr2. The summed E-state index contributed by atoms with van der Waals surface area (Å²) >= 11 is -1.65. The molecule has 18 unspecified atom stereocenters. The molecule has 8 heteroatoms. The van der Waals surface area contributed by atoms with E-state index in [-0.39, 0.29) is 44.6 Å². The van der Waals surface area contributed by atoms with Gasteiger partial charge in [-0.25, -0.2) is 0 Å². The molecule has 0 aromatic heterocycles. The van der Waals surface area contributed by atoms with Gasteiger partial charge in [-0.3, -0.25) is 0 Å². The van der Waals surface area contributed by atoms with Gasteiger partial charge in [-0.2, -0.15) is 0 Å². The zero-order valence-corrected chi connectivity index (χ0v) is 55.3. The second-order valence-corrected chi connectivity index (χ2v) is 42.1. The van der Waals surface area contributed by atoms with Crippen LogP contribution >= 0.6 is 34.1 Å². The number of fused-ring (bicyclic) bond motifs is 4. The van der Waals surface area contributed by atoms with Crippen LogP contribution in [0.25, 0.3) is 0 Å². The molecule has 400 valence electrons. The first-order chi connectivity index (χ1) is 30.8.